The normalized spacial score (nSPS) is 14.7. The molecule has 0 bridgehead atoms. The van der Waals surface area contributed by atoms with Crippen molar-refractivity contribution in [1.82, 2.24) is 19.9 Å². The highest BCUT2D eigenvalue weighted by Gasteiger charge is 2.23. The number of rotatable bonds is 7. The molecule has 1 atom stereocenters. The molecule has 2 N–H and O–H groups in total. The summed E-state index contributed by atoms with van der Waals surface area (Å²) in [5.41, 5.74) is 0.554. The third-order valence-corrected chi connectivity index (χ3v) is 4.27. The average Bonchev–Trinajstić information content (AvgIpc) is 2.86. The summed E-state index contributed by atoms with van der Waals surface area (Å²) in [4.78, 5) is 0. The Labute approximate surface area is 117 Å². The number of hydrogen-bond acceptors (Lipinski definition) is 5. The molecule has 0 aliphatic heterocycles. The first-order valence-electron chi connectivity index (χ1n) is 6.47. The number of fused-ring (bicyclic) bond motifs is 1. The Morgan fingerprint density at radius 2 is 2.26 bits per heavy atom. The van der Waals surface area contributed by atoms with Crippen molar-refractivity contribution in [3.8, 4) is 0 Å². The van der Waals surface area contributed by atoms with Gasteiger partial charge in [0.15, 0.2) is 10.8 Å². The summed E-state index contributed by atoms with van der Waals surface area (Å²) in [6.45, 7) is 5.15. The molecular weight excluding hydrogens is 260 g/mol. The molecule has 0 saturated heterocycles. The molecule has 104 valence electrons. The second-order valence-corrected chi connectivity index (χ2v) is 5.79. The number of hydrogen-bond donors (Lipinski definition) is 2. The molecule has 1 unspecified atom stereocenters. The van der Waals surface area contributed by atoms with Gasteiger partial charge in [-0.05, 0) is 32.0 Å². The summed E-state index contributed by atoms with van der Waals surface area (Å²) in [7, 11) is 0. The zero-order valence-corrected chi connectivity index (χ0v) is 12.2. The van der Waals surface area contributed by atoms with Crippen LogP contribution in [-0.2, 0) is 0 Å². The van der Waals surface area contributed by atoms with Crippen LogP contribution in [0.15, 0.2) is 29.6 Å². The van der Waals surface area contributed by atoms with E-state index in [2.05, 4.69) is 22.4 Å². The molecule has 0 amide bonds. The second kappa shape index (κ2) is 6.36. The third kappa shape index (κ3) is 3.46. The van der Waals surface area contributed by atoms with Crippen molar-refractivity contribution >= 4 is 17.4 Å². The molecule has 0 spiro atoms. The minimum Gasteiger partial charge on any atom is -0.394 e. The number of pyridine rings is 1. The van der Waals surface area contributed by atoms with Gasteiger partial charge < -0.3 is 10.4 Å². The van der Waals surface area contributed by atoms with Crippen LogP contribution < -0.4 is 5.32 Å². The topological polar surface area (TPSA) is 62.5 Å². The lowest BCUT2D eigenvalue weighted by molar-refractivity contribution is 0.192. The summed E-state index contributed by atoms with van der Waals surface area (Å²) in [5.74, 6) is 0.749. The van der Waals surface area contributed by atoms with Gasteiger partial charge in [-0.3, -0.25) is 4.40 Å². The standard InChI is InChI=1S/C13H20N4OS/c1-3-7-14-13(2,9-18)10-19-12-16-15-11-6-4-5-8-17(11)12/h4-6,8,14,18H,3,7,9-10H2,1-2H3. The quantitative estimate of drug-likeness (QED) is 0.754. The summed E-state index contributed by atoms with van der Waals surface area (Å²) >= 11 is 1.61. The predicted molar refractivity (Wildman–Crippen MR) is 77.5 cm³/mol. The Kier molecular flexibility index (Phi) is 4.79. The van der Waals surface area contributed by atoms with E-state index in [1.54, 1.807) is 11.8 Å². The summed E-state index contributed by atoms with van der Waals surface area (Å²) in [5, 5.41) is 22.1. The monoisotopic (exact) mass is 280 g/mol. The largest absolute Gasteiger partial charge is 0.394 e. The van der Waals surface area contributed by atoms with Gasteiger partial charge in [-0.1, -0.05) is 24.8 Å². The Morgan fingerprint density at radius 3 is 3.00 bits per heavy atom. The van der Waals surface area contributed by atoms with Crippen molar-refractivity contribution in [3.63, 3.8) is 0 Å². The smallest absolute Gasteiger partial charge is 0.195 e. The molecule has 0 radical (unpaired) electrons. The molecule has 2 rings (SSSR count). The maximum atomic E-state index is 9.54. The van der Waals surface area contributed by atoms with Crippen LogP contribution in [-0.4, -0.2) is 44.1 Å². The highest BCUT2D eigenvalue weighted by atomic mass is 32.2. The fourth-order valence-electron chi connectivity index (χ4n) is 1.72. The first kappa shape index (κ1) is 14.3. The molecule has 0 saturated carbocycles. The van der Waals surface area contributed by atoms with Crippen LogP contribution in [0.25, 0.3) is 5.65 Å². The van der Waals surface area contributed by atoms with Crippen molar-refractivity contribution in [2.24, 2.45) is 0 Å². The Hall–Kier alpha value is -1.11. The van der Waals surface area contributed by atoms with E-state index in [4.69, 9.17) is 0 Å². The lowest BCUT2D eigenvalue weighted by atomic mass is 10.1. The number of nitrogens with zero attached hydrogens (tertiary/aromatic N) is 3. The minimum absolute atomic E-state index is 0.108. The fourth-order valence-corrected chi connectivity index (χ4v) is 2.75. The molecule has 0 aromatic carbocycles. The Bertz CT molecular complexity index is 530. The van der Waals surface area contributed by atoms with Crippen molar-refractivity contribution in [2.45, 2.75) is 31.0 Å². The molecule has 2 heterocycles. The SMILES string of the molecule is CCCNC(C)(CO)CSc1nnc2ccccn12. The molecule has 0 fully saturated rings. The van der Waals surface area contributed by atoms with E-state index >= 15 is 0 Å². The van der Waals surface area contributed by atoms with Gasteiger partial charge in [0.05, 0.1) is 6.61 Å². The van der Waals surface area contributed by atoms with Crippen LogP contribution in [0.1, 0.15) is 20.3 Å². The average molecular weight is 280 g/mol. The van der Waals surface area contributed by atoms with Crippen molar-refractivity contribution in [3.05, 3.63) is 24.4 Å². The Balaban J connectivity index is 2.04. The number of aliphatic hydroxyl groups excluding tert-OH is 1. The summed E-state index contributed by atoms with van der Waals surface area (Å²) in [6, 6.07) is 5.83. The van der Waals surface area contributed by atoms with E-state index < -0.39 is 0 Å². The number of nitrogens with one attached hydrogen (secondary N) is 1. The van der Waals surface area contributed by atoms with Gasteiger partial charge in [0.1, 0.15) is 0 Å². The first-order chi connectivity index (χ1) is 9.18. The minimum atomic E-state index is -0.290. The zero-order valence-electron chi connectivity index (χ0n) is 11.3. The Morgan fingerprint density at radius 1 is 1.42 bits per heavy atom. The van der Waals surface area contributed by atoms with Crippen LogP contribution in [0.5, 0.6) is 0 Å². The van der Waals surface area contributed by atoms with Gasteiger partial charge in [-0.15, -0.1) is 10.2 Å². The van der Waals surface area contributed by atoms with Gasteiger partial charge in [-0.2, -0.15) is 0 Å². The van der Waals surface area contributed by atoms with E-state index in [-0.39, 0.29) is 12.1 Å². The second-order valence-electron chi connectivity index (χ2n) is 4.85. The molecule has 2 aromatic rings. The van der Waals surface area contributed by atoms with E-state index in [1.807, 2.05) is 35.7 Å². The van der Waals surface area contributed by atoms with Crippen LogP contribution in [0, 0.1) is 0 Å². The summed E-state index contributed by atoms with van der Waals surface area (Å²) < 4.78 is 1.96. The number of thioether (sulfide) groups is 1. The molecule has 5 nitrogen and oxygen atoms in total. The maximum absolute atomic E-state index is 9.54. The van der Waals surface area contributed by atoms with E-state index in [0.717, 1.165) is 29.5 Å². The highest BCUT2D eigenvalue weighted by Crippen LogP contribution is 2.21. The molecule has 0 aliphatic carbocycles. The number of aromatic nitrogens is 3. The van der Waals surface area contributed by atoms with E-state index in [0.29, 0.717) is 0 Å². The molecule has 0 aliphatic rings. The van der Waals surface area contributed by atoms with Crippen LogP contribution in [0.2, 0.25) is 0 Å². The molecular formula is C13H20N4OS. The van der Waals surface area contributed by atoms with Gasteiger partial charge in [0.2, 0.25) is 0 Å². The van der Waals surface area contributed by atoms with Gasteiger partial charge in [-0.25, -0.2) is 0 Å². The van der Waals surface area contributed by atoms with Gasteiger partial charge in [0.25, 0.3) is 0 Å². The van der Waals surface area contributed by atoms with Gasteiger partial charge in [0, 0.05) is 17.5 Å². The third-order valence-electron chi connectivity index (χ3n) is 2.95. The van der Waals surface area contributed by atoms with E-state index in [1.165, 1.54) is 0 Å². The highest BCUT2D eigenvalue weighted by molar-refractivity contribution is 7.99. The lowest BCUT2D eigenvalue weighted by Crippen LogP contribution is -2.48. The van der Waals surface area contributed by atoms with E-state index in [9.17, 15) is 5.11 Å². The van der Waals surface area contributed by atoms with Crippen molar-refractivity contribution in [1.29, 1.82) is 0 Å². The van der Waals surface area contributed by atoms with Crippen LogP contribution >= 0.6 is 11.8 Å². The molecule has 2 aromatic heterocycles. The maximum Gasteiger partial charge on any atom is 0.195 e. The van der Waals surface area contributed by atoms with Crippen molar-refractivity contribution < 1.29 is 5.11 Å². The molecule has 19 heavy (non-hydrogen) atoms. The summed E-state index contributed by atoms with van der Waals surface area (Å²) in [6.07, 6.45) is 3.00. The van der Waals surface area contributed by atoms with Crippen LogP contribution in [0.3, 0.4) is 0 Å². The van der Waals surface area contributed by atoms with Crippen molar-refractivity contribution in [2.75, 3.05) is 18.9 Å². The fraction of sp³-hybridized carbons (Fsp3) is 0.538. The zero-order chi connectivity index (χ0) is 13.7. The first-order valence-corrected chi connectivity index (χ1v) is 7.45. The predicted octanol–water partition coefficient (Wildman–Crippen LogP) is 1.57. The molecule has 6 heteroatoms. The lowest BCUT2D eigenvalue weighted by Gasteiger charge is -2.27. The number of aliphatic hydroxyl groups is 1. The van der Waals surface area contributed by atoms with Gasteiger partial charge >= 0.3 is 0 Å². The van der Waals surface area contributed by atoms with Crippen LogP contribution in [0.4, 0.5) is 0 Å².